The standard InChI is InChI=1S/C35H43F3N6O6/c1-22(45)39-12-6-4-5-7-13-40-31(47)21-43-15-11-28-32(23-16-26(49-2)19-27(17-23)50-3)41-44(34(48)33(28)43)30-18-24(42-14-10-25(46)20-42)8-9-29(30)35(36,37)38/h8-9,16-19,25,46H,4-7,10-15,20-21H2,1-3H3,(H,39,45)(H,40,47)/t25-/m0/s1. The van der Waals surface area contributed by atoms with E-state index >= 15 is 0 Å². The number of fused-ring (bicyclic) bond motifs is 1. The SMILES string of the molecule is COc1cc(OC)cc(-c2nn(-c3cc(N4CC[C@H](O)C4)ccc3C(F)(F)F)c(=O)c3c2CCN3CC(=O)NCCCCCCNC(C)=O)c1. The molecule has 0 aliphatic carbocycles. The molecule has 50 heavy (non-hydrogen) atoms. The summed E-state index contributed by atoms with van der Waals surface area (Å²) in [5.41, 5.74) is -0.570. The highest BCUT2D eigenvalue weighted by atomic mass is 19.4. The minimum absolute atomic E-state index is 0.0734. The van der Waals surface area contributed by atoms with Crippen LogP contribution in [0.15, 0.2) is 41.2 Å². The van der Waals surface area contributed by atoms with E-state index < -0.39 is 29.1 Å². The lowest BCUT2D eigenvalue weighted by atomic mass is 10.0. The second-order valence-corrected chi connectivity index (χ2v) is 12.5. The summed E-state index contributed by atoms with van der Waals surface area (Å²) in [6.45, 7) is 3.27. The number of amides is 2. The fraction of sp³-hybridized carbons (Fsp3) is 0.486. The zero-order valence-electron chi connectivity index (χ0n) is 28.4. The molecule has 0 bridgehead atoms. The number of unbranched alkanes of at least 4 members (excludes halogenated alkanes) is 3. The van der Waals surface area contributed by atoms with Gasteiger partial charge >= 0.3 is 6.18 Å². The Balaban J connectivity index is 1.51. The maximum Gasteiger partial charge on any atom is 0.418 e. The molecule has 0 spiro atoms. The average molecular weight is 701 g/mol. The summed E-state index contributed by atoms with van der Waals surface area (Å²) in [5, 5.41) is 20.3. The molecule has 3 aromatic rings. The smallest absolute Gasteiger partial charge is 0.418 e. The summed E-state index contributed by atoms with van der Waals surface area (Å²) in [6.07, 6.45) is -1.35. The van der Waals surface area contributed by atoms with E-state index in [1.165, 1.54) is 33.3 Å². The van der Waals surface area contributed by atoms with Gasteiger partial charge in [0.05, 0.1) is 43.8 Å². The van der Waals surface area contributed by atoms with Gasteiger partial charge in [-0.2, -0.15) is 23.0 Å². The summed E-state index contributed by atoms with van der Waals surface area (Å²) in [4.78, 5) is 41.7. The second kappa shape index (κ2) is 15.8. The van der Waals surface area contributed by atoms with E-state index in [0.717, 1.165) is 36.4 Å². The van der Waals surface area contributed by atoms with E-state index in [4.69, 9.17) is 9.47 Å². The third-order valence-corrected chi connectivity index (χ3v) is 8.92. The van der Waals surface area contributed by atoms with Crippen LogP contribution in [0.5, 0.6) is 11.5 Å². The van der Waals surface area contributed by atoms with Crippen molar-refractivity contribution in [2.45, 2.75) is 57.7 Å². The van der Waals surface area contributed by atoms with Crippen molar-refractivity contribution < 1.29 is 37.3 Å². The summed E-state index contributed by atoms with van der Waals surface area (Å²) >= 11 is 0. The van der Waals surface area contributed by atoms with E-state index in [0.29, 0.717) is 60.8 Å². The highest BCUT2D eigenvalue weighted by Gasteiger charge is 2.37. The topological polar surface area (TPSA) is 138 Å². The Morgan fingerprint density at radius 1 is 0.980 bits per heavy atom. The number of methoxy groups -OCH3 is 2. The number of aliphatic hydroxyl groups is 1. The third kappa shape index (κ3) is 8.49. The van der Waals surface area contributed by atoms with Gasteiger partial charge in [0.2, 0.25) is 11.8 Å². The fourth-order valence-corrected chi connectivity index (χ4v) is 6.40. The van der Waals surface area contributed by atoms with Crippen LogP contribution in [0.3, 0.4) is 0 Å². The fourth-order valence-electron chi connectivity index (χ4n) is 6.40. The van der Waals surface area contributed by atoms with Crippen molar-refractivity contribution in [1.29, 1.82) is 0 Å². The second-order valence-electron chi connectivity index (χ2n) is 12.5. The summed E-state index contributed by atoms with van der Waals surface area (Å²) < 4.78 is 55.3. The number of aliphatic hydroxyl groups excluding tert-OH is 1. The molecular weight excluding hydrogens is 657 g/mol. The lowest BCUT2D eigenvalue weighted by molar-refractivity contribution is -0.137. The van der Waals surface area contributed by atoms with Crippen molar-refractivity contribution in [2.75, 3.05) is 63.3 Å². The Hall–Kier alpha value is -4.79. The Labute approximate surface area is 288 Å². The molecule has 270 valence electrons. The number of benzene rings is 2. The van der Waals surface area contributed by atoms with Crippen LogP contribution >= 0.6 is 0 Å². The lowest BCUT2D eigenvalue weighted by Gasteiger charge is -2.23. The monoisotopic (exact) mass is 700 g/mol. The van der Waals surface area contributed by atoms with Crippen LogP contribution < -0.4 is 35.5 Å². The van der Waals surface area contributed by atoms with Gasteiger partial charge in [-0.05, 0) is 56.0 Å². The molecule has 15 heteroatoms. The first-order valence-electron chi connectivity index (χ1n) is 16.7. The predicted molar refractivity (Wildman–Crippen MR) is 182 cm³/mol. The number of nitrogens with one attached hydrogen (secondary N) is 2. The number of nitrogens with zero attached hydrogens (tertiary/aromatic N) is 4. The number of carbonyl (C=O) groups is 2. The van der Waals surface area contributed by atoms with Crippen molar-refractivity contribution in [3.05, 3.63) is 57.9 Å². The molecule has 2 aliphatic rings. The number of carbonyl (C=O) groups excluding carboxylic acids is 2. The first-order valence-corrected chi connectivity index (χ1v) is 16.7. The number of β-amino-alcohol motifs (C(OH)–C–C–N with tert-alkyl or cyclic N) is 1. The number of halogens is 3. The molecular formula is C35H43F3N6O6. The zero-order valence-corrected chi connectivity index (χ0v) is 28.4. The van der Waals surface area contributed by atoms with Crippen molar-refractivity contribution in [3.63, 3.8) is 0 Å². The molecule has 0 unspecified atom stereocenters. The van der Waals surface area contributed by atoms with E-state index in [9.17, 15) is 32.7 Å². The molecule has 1 atom stereocenters. The van der Waals surface area contributed by atoms with Crippen LogP contribution in [0, 0.1) is 0 Å². The molecule has 1 fully saturated rings. The molecule has 2 aromatic carbocycles. The largest absolute Gasteiger partial charge is 0.497 e. The van der Waals surface area contributed by atoms with E-state index in [1.807, 2.05) is 0 Å². The number of rotatable bonds is 14. The van der Waals surface area contributed by atoms with Crippen LogP contribution in [-0.4, -0.2) is 86.3 Å². The molecule has 5 rings (SSSR count). The molecule has 12 nitrogen and oxygen atoms in total. The first kappa shape index (κ1) is 36.5. The molecule has 0 saturated carbocycles. The van der Waals surface area contributed by atoms with Gasteiger partial charge in [-0.25, -0.2) is 0 Å². The Bertz CT molecular complexity index is 1740. The van der Waals surface area contributed by atoms with E-state index in [1.54, 1.807) is 28.0 Å². The number of aromatic nitrogens is 2. The third-order valence-electron chi connectivity index (χ3n) is 8.92. The van der Waals surface area contributed by atoms with Gasteiger partial charge in [0.25, 0.3) is 5.56 Å². The molecule has 0 radical (unpaired) electrons. The van der Waals surface area contributed by atoms with Crippen LogP contribution in [0.25, 0.3) is 16.9 Å². The summed E-state index contributed by atoms with van der Waals surface area (Å²) in [5.74, 6) is 0.440. The lowest BCUT2D eigenvalue weighted by Crippen LogP contribution is -2.39. The Morgan fingerprint density at radius 2 is 1.66 bits per heavy atom. The number of ether oxygens (including phenoxy) is 2. The molecule has 3 heterocycles. The summed E-state index contributed by atoms with van der Waals surface area (Å²) in [7, 11) is 2.94. The van der Waals surface area contributed by atoms with Gasteiger partial charge in [-0.1, -0.05) is 12.8 Å². The zero-order chi connectivity index (χ0) is 36.0. The number of hydrogen-bond donors (Lipinski definition) is 3. The maximum atomic E-state index is 14.5. The van der Waals surface area contributed by atoms with Crippen LogP contribution in [0.2, 0.25) is 0 Å². The van der Waals surface area contributed by atoms with Crippen molar-refractivity contribution in [3.8, 4) is 28.4 Å². The van der Waals surface area contributed by atoms with Crippen LogP contribution in [-0.2, 0) is 22.2 Å². The van der Waals surface area contributed by atoms with Crippen LogP contribution in [0.4, 0.5) is 24.5 Å². The van der Waals surface area contributed by atoms with Gasteiger partial charge in [0, 0.05) is 62.5 Å². The van der Waals surface area contributed by atoms with Crippen molar-refractivity contribution >= 4 is 23.2 Å². The van der Waals surface area contributed by atoms with Gasteiger partial charge in [-0.3, -0.25) is 14.4 Å². The van der Waals surface area contributed by atoms with Crippen molar-refractivity contribution in [1.82, 2.24) is 20.4 Å². The van der Waals surface area contributed by atoms with E-state index in [2.05, 4.69) is 15.7 Å². The highest BCUT2D eigenvalue weighted by molar-refractivity contribution is 5.84. The minimum atomic E-state index is -4.82. The molecule has 3 N–H and O–H groups in total. The predicted octanol–water partition coefficient (Wildman–Crippen LogP) is 3.68. The molecule has 2 amide bonds. The Morgan fingerprint density at radius 3 is 2.26 bits per heavy atom. The van der Waals surface area contributed by atoms with Gasteiger partial charge in [-0.15, -0.1) is 0 Å². The van der Waals surface area contributed by atoms with Crippen LogP contribution in [0.1, 0.15) is 50.2 Å². The maximum absolute atomic E-state index is 14.5. The number of anilines is 2. The molecule has 1 saturated heterocycles. The van der Waals surface area contributed by atoms with Gasteiger partial charge < -0.3 is 35.0 Å². The first-order chi connectivity index (χ1) is 23.9. The molecule has 2 aliphatic heterocycles. The number of hydrogen-bond acceptors (Lipinski definition) is 9. The highest BCUT2D eigenvalue weighted by Crippen LogP contribution is 2.39. The molecule has 1 aromatic heterocycles. The number of alkyl halides is 3. The van der Waals surface area contributed by atoms with Gasteiger partial charge in [0.1, 0.15) is 17.2 Å². The van der Waals surface area contributed by atoms with Crippen molar-refractivity contribution in [2.24, 2.45) is 0 Å². The van der Waals surface area contributed by atoms with E-state index in [-0.39, 0.29) is 42.8 Å². The Kier molecular flexibility index (Phi) is 11.6. The van der Waals surface area contributed by atoms with Gasteiger partial charge in [0.15, 0.2) is 0 Å². The quantitative estimate of drug-likeness (QED) is 0.215. The summed E-state index contributed by atoms with van der Waals surface area (Å²) in [6, 6.07) is 8.51. The minimum Gasteiger partial charge on any atom is -0.497 e. The normalized spacial score (nSPS) is 15.6. The average Bonchev–Trinajstić information content (AvgIpc) is 3.71.